The maximum absolute atomic E-state index is 12.6. The molecule has 34 heavy (non-hydrogen) atoms. The van der Waals surface area contributed by atoms with Crippen molar-refractivity contribution in [3.05, 3.63) is 17.7 Å². The van der Waals surface area contributed by atoms with Crippen LogP contribution in [-0.4, -0.2) is 132 Å². The normalized spacial score (nSPS) is 38.1. The van der Waals surface area contributed by atoms with Gasteiger partial charge in [0.15, 0.2) is 23.4 Å². The van der Waals surface area contributed by atoms with E-state index in [1.54, 1.807) is 0 Å². The van der Waals surface area contributed by atoms with Gasteiger partial charge in [0.25, 0.3) is 0 Å². The molecular weight excluding hydrogens is 468 g/mol. The Morgan fingerprint density at radius 3 is 2.00 bits per heavy atom. The molecule has 1 aromatic rings. The summed E-state index contributed by atoms with van der Waals surface area (Å²) in [6, 6.07) is 1.47. The fraction of sp³-hybridized carbons (Fsp3) is 0.632. The molecule has 2 heterocycles. The number of aromatic hydroxyl groups is 3. The van der Waals surface area contributed by atoms with Gasteiger partial charge in [-0.25, -0.2) is 4.79 Å². The molecule has 2 fully saturated rings. The highest BCUT2D eigenvalue weighted by Crippen LogP contribution is 2.38. The first-order chi connectivity index (χ1) is 16.0. The molecule has 3 rings (SSSR count). The molecule has 9 atom stereocenters. The predicted octanol–water partition coefficient (Wildman–Crippen LogP) is -4.41. The van der Waals surface area contributed by atoms with Gasteiger partial charge in [-0.15, -0.1) is 0 Å². The molecular formula is C19H26O15. The van der Waals surface area contributed by atoms with E-state index in [9.17, 15) is 55.9 Å². The summed E-state index contributed by atoms with van der Waals surface area (Å²) in [5.74, 6) is -6.38. The standard InChI is InChI=1S/C19H26O15/c20-3-9-12(26)14(28)15(32-17(30)6-1-7(23)11(25)8(24)2-6)18(31-9)34-19(5-22)16(29)13(27)10(4-21)33-19/h1-2,9-10,12-16,18,20-29H,3-5H2. The fourth-order valence-electron chi connectivity index (χ4n) is 3.66. The third-order valence-corrected chi connectivity index (χ3v) is 5.59. The van der Waals surface area contributed by atoms with E-state index in [0.717, 1.165) is 12.1 Å². The number of hydrogen-bond acceptors (Lipinski definition) is 15. The fourth-order valence-corrected chi connectivity index (χ4v) is 3.66. The van der Waals surface area contributed by atoms with Crippen LogP contribution in [0.5, 0.6) is 17.2 Å². The van der Waals surface area contributed by atoms with Crippen LogP contribution < -0.4 is 0 Å². The molecule has 0 aromatic heterocycles. The lowest BCUT2D eigenvalue weighted by Gasteiger charge is -2.44. The van der Waals surface area contributed by atoms with Crippen molar-refractivity contribution in [3.63, 3.8) is 0 Å². The number of ether oxygens (including phenoxy) is 4. The van der Waals surface area contributed by atoms with E-state index in [1.807, 2.05) is 0 Å². The summed E-state index contributed by atoms with van der Waals surface area (Å²) in [6.45, 7) is -2.72. The van der Waals surface area contributed by atoms with Crippen LogP contribution in [0, 0.1) is 0 Å². The van der Waals surface area contributed by atoms with Gasteiger partial charge in [0, 0.05) is 0 Å². The number of aliphatic hydroxyl groups excluding tert-OH is 7. The Morgan fingerprint density at radius 2 is 1.50 bits per heavy atom. The van der Waals surface area contributed by atoms with Crippen molar-refractivity contribution >= 4 is 5.97 Å². The molecule has 9 unspecified atom stereocenters. The first-order valence-corrected chi connectivity index (χ1v) is 10.0. The second-order valence-corrected chi connectivity index (χ2v) is 7.80. The van der Waals surface area contributed by atoms with Gasteiger partial charge in [-0.2, -0.15) is 0 Å². The lowest BCUT2D eigenvalue weighted by Crippen LogP contribution is -2.63. The van der Waals surface area contributed by atoms with Gasteiger partial charge >= 0.3 is 5.97 Å². The second kappa shape index (κ2) is 10.1. The number of carbonyl (C=O) groups excluding carboxylic acids is 1. The first kappa shape index (κ1) is 26.3. The Labute approximate surface area is 191 Å². The van der Waals surface area contributed by atoms with Gasteiger partial charge in [0.05, 0.1) is 18.8 Å². The van der Waals surface area contributed by atoms with Crippen molar-refractivity contribution < 1.29 is 74.8 Å². The highest BCUT2D eigenvalue weighted by molar-refractivity contribution is 5.91. The molecule has 0 spiro atoms. The quantitative estimate of drug-likeness (QED) is 0.127. The topological polar surface area (TPSA) is 256 Å². The minimum Gasteiger partial charge on any atom is -0.504 e. The molecule has 0 bridgehead atoms. The van der Waals surface area contributed by atoms with Crippen LogP contribution in [-0.2, 0) is 18.9 Å². The Balaban J connectivity index is 1.91. The van der Waals surface area contributed by atoms with Crippen molar-refractivity contribution in [1.29, 1.82) is 0 Å². The number of rotatable bonds is 7. The molecule has 2 aliphatic heterocycles. The highest BCUT2D eigenvalue weighted by atomic mass is 16.8. The Kier molecular flexibility index (Phi) is 7.83. The van der Waals surface area contributed by atoms with Gasteiger partial charge in [-0.1, -0.05) is 0 Å². The zero-order valence-electron chi connectivity index (χ0n) is 17.4. The first-order valence-electron chi connectivity index (χ1n) is 10.0. The average molecular weight is 494 g/mol. The lowest BCUT2D eigenvalue weighted by atomic mass is 9.98. The van der Waals surface area contributed by atoms with E-state index >= 15 is 0 Å². The van der Waals surface area contributed by atoms with E-state index in [-0.39, 0.29) is 0 Å². The number of benzene rings is 1. The zero-order chi connectivity index (χ0) is 25.4. The highest BCUT2D eigenvalue weighted by Gasteiger charge is 2.59. The van der Waals surface area contributed by atoms with Gasteiger partial charge < -0.3 is 70.0 Å². The summed E-state index contributed by atoms with van der Waals surface area (Å²) in [5, 5.41) is 98.3. The van der Waals surface area contributed by atoms with Crippen molar-refractivity contribution in [2.24, 2.45) is 0 Å². The third-order valence-electron chi connectivity index (χ3n) is 5.59. The summed E-state index contributed by atoms with van der Waals surface area (Å²) < 4.78 is 21.1. The molecule has 0 amide bonds. The van der Waals surface area contributed by atoms with Crippen molar-refractivity contribution in [2.75, 3.05) is 19.8 Å². The van der Waals surface area contributed by atoms with Crippen LogP contribution in [0.25, 0.3) is 0 Å². The van der Waals surface area contributed by atoms with Gasteiger partial charge in [-0.3, -0.25) is 0 Å². The SMILES string of the molecule is O=C(OC1C(OC2(CO)OC(CO)C(O)C2O)OC(CO)C(O)C1O)c1cc(O)c(O)c(O)c1. The molecule has 15 nitrogen and oxygen atoms in total. The molecule has 2 aliphatic rings. The second-order valence-electron chi connectivity index (χ2n) is 7.80. The van der Waals surface area contributed by atoms with E-state index in [1.165, 1.54) is 0 Å². The lowest BCUT2D eigenvalue weighted by molar-refractivity contribution is -0.382. The van der Waals surface area contributed by atoms with Crippen molar-refractivity contribution in [1.82, 2.24) is 0 Å². The minimum atomic E-state index is -2.43. The van der Waals surface area contributed by atoms with Gasteiger partial charge in [-0.05, 0) is 12.1 Å². The van der Waals surface area contributed by atoms with Crippen LogP contribution in [0.4, 0.5) is 0 Å². The number of phenols is 3. The number of carbonyl (C=O) groups is 1. The van der Waals surface area contributed by atoms with E-state index < -0.39 is 103 Å². The summed E-state index contributed by atoms with van der Waals surface area (Å²) in [5.41, 5.74) is -0.498. The van der Waals surface area contributed by atoms with Crippen LogP contribution in [0.2, 0.25) is 0 Å². The minimum absolute atomic E-state index is 0.498. The number of hydrogen-bond donors (Lipinski definition) is 10. The number of esters is 1. The van der Waals surface area contributed by atoms with Crippen molar-refractivity contribution in [2.45, 2.75) is 54.8 Å². The summed E-state index contributed by atoms with van der Waals surface area (Å²) in [4.78, 5) is 12.6. The molecule has 192 valence electrons. The molecule has 0 aliphatic carbocycles. The third kappa shape index (κ3) is 4.63. The van der Waals surface area contributed by atoms with E-state index in [0.29, 0.717) is 0 Å². The molecule has 1 aromatic carbocycles. The maximum atomic E-state index is 12.6. The maximum Gasteiger partial charge on any atom is 0.338 e. The Hall–Kier alpha value is -2.31. The molecule has 10 N–H and O–H groups in total. The monoisotopic (exact) mass is 494 g/mol. The molecule has 0 radical (unpaired) electrons. The molecule has 15 heteroatoms. The summed E-state index contributed by atoms with van der Waals surface area (Å²) >= 11 is 0. The largest absolute Gasteiger partial charge is 0.504 e. The Morgan fingerprint density at radius 1 is 0.912 bits per heavy atom. The Bertz CT molecular complexity index is 856. The number of aliphatic hydroxyl groups is 7. The predicted molar refractivity (Wildman–Crippen MR) is 103 cm³/mol. The summed E-state index contributed by atoms with van der Waals surface area (Å²) in [7, 11) is 0. The van der Waals surface area contributed by atoms with E-state index in [2.05, 4.69) is 0 Å². The average Bonchev–Trinajstić information content (AvgIpc) is 3.06. The van der Waals surface area contributed by atoms with Crippen LogP contribution in [0.15, 0.2) is 12.1 Å². The van der Waals surface area contributed by atoms with Crippen LogP contribution in [0.1, 0.15) is 10.4 Å². The van der Waals surface area contributed by atoms with Gasteiger partial charge in [0.2, 0.25) is 12.1 Å². The smallest absolute Gasteiger partial charge is 0.338 e. The molecule has 2 saturated heterocycles. The van der Waals surface area contributed by atoms with Gasteiger partial charge in [0.1, 0.15) is 43.2 Å². The zero-order valence-corrected chi connectivity index (χ0v) is 17.4. The number of phenolic OH excluding ortho intramolecular Hbond substituents is 3. The van der Waals surface area contributed by atoms with Crippen LogP contribution in [0.3, 0.4) is 0 Å². The van der Waals surface area contributed by atoms with Crippen LogP contribution >= 0.6 is 0 Å². The van der Waals surface area contributed by atoms with E-state index in [4.69, 9.17) is 18.9 Å². The summed E-state index contributed by atoms with van der Waals surface area (Å²) in [6.07, 6.45) is -14.1. The molecule has 0 saturated carbocycles. The van der Waals surface area contributed by atoms with Crippen molar-refractivity contribution in [3.8, 4) is 17.2 Å².